The summed E-state index contributed by atoms with van der Waals surface area (Å²) in [4.78, 5) is 0. The summed E-state index contributed by atoms with van der Waals surface area (Å²) in [6.45, 7) is 4.58. The highest BCUT2D eigenvalue weighted by molar-refractivity contribution is 6.30. The molecule has 2 atom stereocenters. The first-order valence-corrected chi connectivity index (χ1v) is 6.19. The number of rotatable bonds is 6. The lowest BCUT2D eigenvalue weighted by atomic mass is 10.0. The lowest BCUT2D eigenvalue weighted by molar-refractivity contribution is 0.0495. The molecule has 0 heterocycles. The Labute approximate surface area is 107 Å². The number of benzene rings is 1. The Morgan fingerprint density at radius 2 is 2.18 bits per heavy atom. The SMILES string of the molecule is CCOC(C)C(Cc1cc(Cl)ccc1F)NC. The van der Waals surface area contributed by atoms with Crippen LogP contribution >= 0.6 is 11.6 Å². The normalized spacial score (nSPS) is 14.6. The van der Waals surface area contributed by atoms with Crippen molar-refractivity contribution in [3.8, 4) is 0 Å². The predicted octanol–water partition coefficient (Wildman–Crippen LogP) is 3.03. The number of hydrogen-bond acceptors (Lipinski definition) is 2. The van der Waals surface area contributed by atoms with Crippen LogP contribution in [0.1, 0.15) is 19.4 Å². The van der Waals surface area contributed by atoms with Gasteiger partial charge in [0.1, 0.15) is 5.82 Å². The van der Waals surface area contributed by atoms with Crippen LogP contribution in [0.15, 0.2) is 18.2 Å². The molecule has 0 aliphatic heterocycles. The van der Waals surface area contributed by atoms with Gasteiger partial charge in [-0.2, -0.15) is 0 Å². The van der Waals surface area contributed by atoms with Crippen LogP contribution < -0.4 is 5.32 Å². The fraction of sp³-hybridized carbons (Fsp3) is 0.538. The van der Waals surface area contributed by atoms with Crippen molar-refractivity contribution in [3.05, 3.63) is 34.6 Å². The van der Waals surface area contributed by atoms with Gasteiger partial charge in [-0.1, -0.05) is 11.6 Å². The highest BCUT2D eigenvalue weighted by atomic mass is 35.5. The maximum absolute atomic E-state index is 13.6. The maximum atomic E-state index is 13.6. The Bertz CT molecular complexity index is 359. The quantitative estimate of drug-likeness (QED) is 0.848. The van der Waals surface area contributed by atoms with E-state index in [-0.39, 0.29) is 18.0 Å². The van der Waals surface area contributed by atoms with Crippen LogP contribution in [-0.4, -0.2) is 25.8 Å². The Balaban J connectivity index is 2.76. The van der Waals surface area contributed by atoms with Gasteiger partial charge in [0, 0.05) is 17.7 Å². The molecule has 2 nitrogen and oxygen atoms in total. The molecule has 0 radical (unpaired) electrons. The van der Waals surface area contributed by atoms with Crippen molar-refractivity contribution in [1.29, 1.82) is 0 Å². The zero-order valence-electron chi connectivity index (χ0n) is 10.5. The molecular weight excluding hydrogens is 241 g/mol. The van der Waals surface area contributed by atoms with E-state index in [4.69, 9.17) is 16.3 Å². The molecule has 1 rings (SSSR count). The van der Waals surface area contributed by atoms with Gasteiger partial charge in [0.05, 0.1) is 6.10 Å². The summed E-state index contributed by atoms with van der Waals surface area (Å²) in [5.74, 6) is -0.224. The van der Waals surface area contributed by atoms with Crippen molar-refractivity contribution in [1.82, 2.24) is 5.32 Å². The van der Waals surface area contributed by atoms with E-state index in [2.05, 4.69) is 5.32 Å². The topological polar surface area (TPSA) is 21.3 Å². The van der Waals surface area contributed by atoms with Crippen molar-refractivity contribution >= 4 is 11.6 Å². The minimum absolute atomic E-state index is 0.0309. The summed E-state index contributed by atoms with van der Waals surface area (Å²) in [6.07, 6.45) is 0.590. The first-order valence-electron chi connectivity index (χ1n) is 5.81. The fourth-order valence-electron chi connectivity index (χ4n) is 1.82. The summed E-state index contributed by atoms with van der Waals surface area (Å²) >= 11 is 5.87. The molecule has 4 heteroatoms. The standard InChI is InChI=1S/C13H19ClFNO/c1-4-17-9(2)13(16-3)8-10-7-11(14)5-6-12(10)15/h5-7,9,13,16H,4,8H2,1-3H3. The first kappa shape index (κ1) is 14.4. The van der Waals surface area contributed by atoms with Crippen molar-refractivity contribution in [2.24, 2.45) is 0 Å². The van der Waals surface area contributed by atoms with Gasteiger partial charge < -0.3 is 10.1 Å². The largest absolute Gasteiger partial charge is 0.377 e. The summed E-state index contributed by atoms with van der Waals surface area (Å²) in [5, 5.41) is 3.70. The molecule has 0 aromatic heterocycles. The molecule has 0 aliphatic rings. The first-order chi connectivity index (χ1) is 8.08. The molecule has 1 aromatic rings. The predicted molar refractivity (Wildman–Crippen MR) is 69.0 cm³/mol. The van der Waals surface area contributed by atoms with Gasteiger partial charge in [-0.15, -0.1) is 0 Å². The van der Waals surface area contributed by atoms with Crippen LogP contribution in [0.25, 0.3) is 0 Å². The van der Waals surface area contributed by atoms with Crippen LogP contribution in [0.2, 0.25) is 5.02 Å². The lowest BCUT2D eigenvalue weighted by Crippen LogP contribution is -2.39. The van der Waals surface area contributed by atoms with Gasteiger partial charge in [0.25, 0.3) is 0 Å². The minimum atomic E-state index is -0.224. The molecule has 0 fully saturated rings. The average Bonchev–Trinajstić information content (AvgIpc) is 2.30. The lowest BCUT2D eigenvalue weighted by Gasteiger charge is -2.23. The molecule has 2 unspecified atom stereocenters. The van der Waals surface area contributed by atoms with Gasteiger partial charge in [-0.25, -0.2) is 4.39 Å². The zero-order chi connectivity index (χ0) is 12.8. The van der Waals surface area contributed by atoms with E-state index in [0.29, 0.717) is 23.6 Å². The molecule has 17 heavy (non-hydrogen) atoms. The third kappa shape index (κ3) is 4.26. The number of likely N-dealkylation sites (N-methyl/N-ethyl adjacent to an activating group) is 1. The van der Waals surface area contributed by atoms with Gasteiger partial charge in [0.2, 0.25) is 0 Å². The van der Waals surface area contributed by atoms with Crippen molar-refractivity contribution < 1.29 is 9.13 Å². The number of nitrogens with one attached hydrogen (secondary N) is 1. The van der Waals surface area contributed by atoms with Crippen LogP contribution in [0.3, 0.4) is 0 Å². The molecule has 0 spiro atoms. The second kappa shape index (κ2) is 6.94. The highest BCUT2D eigenvalue weighted by Gasteiger charge is 2.17. The van der Waals surface area contributed by atoms with E-state index >= 15 is 0 Å². The van der Waals surface area contributed by atoms with Crippen LogP contribution in [0.4, 0.5) is 4.39 Å². The van der Waals surface area contributed by atoms with Crippen LogP contribution in [-0.2, 0) is 11.2 Å². The highest BCUT2D eigenvalue weighted by Crippen LogP contribution is 2.17. The second-order valence-electron chi connectivity index (χ2n) is 4.00. The van der Waals surface area contributed by atoms with E-state index in [1.165, 1.54) is 6.07 Å². The molecule has 1 aromatic carbocycles. The monoisotopic (exact) mass is 259 g/mol. The van der Waals surface area contributed by atoms with E-state index in [1.54, 1.807) is 12.1 Å². The smallest absolute Gasteiger partial charge is 0.126 e. The van der Waals surface area contributed by atoms with E-state index in [9.17, 15) is 4.39 Å². The van der Waals surface area contributed by atoms with Crippen molar-refractivity contribution in [2.45, 2.75) is 32.4 Å². The fourth-order valence-corrected chi connectivity index (χ4v) is 2.01. The van der Waals surface area contributed by atoms with Gasteiger partial charge >= 0.3 is 0 Å². The van der Waals surface area contributed by atoms with E-state index in [1.807, 2.05) is 20.9 Å². The third-order valence-corrected chi connectivity index (χ3v) is 3.05. The summed E-state index contributed by atoms with van der Waals surface area (Å²) < 4.78 is 19.1. The van der Waals surface area contributed by atoms with Gasteiger partial charge in [-0.05, 0) is 51.1 Å². The summed E-state index contributed by atoms with van der Waals surface area (Å²) in [7, 11) is 1.85. The Morgan fingerprint density at radius 3 is 2.76 bits per heavy atom. The van der Waals surface area contributed by atoms with Crippen molar-refractivity contribution in [2.75, 3.05) is 13.7 Å². The second-order valence-corrected chi connectivity index (χ2v) is 4.43. The molecule has 0 bridgehead atoms. The third-order valence-electron chi connectivity index (χ3n) is 2.81. The van der Waals surface area contributed by atoms with Crippen LogP contribution in [0, 0.1) is 5.82 Å². The molecule has 0 aliphatic carbocycles. The number of halogens is 2. The Kier molecular flexibility index (Phi) is 5.89. The molecule has 0 saturated carbocycles. The summed E-state index contributed by atoms with van der Waals surface area (Å²) in [6, 6.07) is 4.69. The molecule has 1 N–H and O–H groups in total. The molecule has 0 amide bonds. The van der Waals surface area contributed by atoms with E-state index in [0.717, 1.165) is 0 Å². The summed E-state index contributed by atoms with van der Waals surface area (Å²) in [5.41, 5.74) is 0.614. The van der Waals surface area contributed by atoms with Crippen molar-refractivity contribution in [3.63, 3.8) is 0 Å². The average molecular weight is 260 g/mol. The van der Waals surface area contributed by atoms with Gasteiger partial charge in [0.15, 0.2) is 0 Å². The molecule has 0 saturated heterocycles. The number of ether oxygens (including phenoxy) is 1. The Morgan fingerprint density at radius 1 is 1.47 bits per heavy atom. The molecular formula is C13H19ClFNO. The molecule has 96 valence electrons. The van der Waals surface area contributed by atoms with Gasteiger partial charge in [-0.3, -0.25) is 0 Å². The minimum Gasteiger partial charge on any atom is -0.377 e. The number of hydrogen-bond donors (Lipinski definition) is 1. The maximum Gasteiger partial charge on any atom is 0.126 e. The van der Waals surface area contributed by atoms with Crippen LogP contribution in [0.5, 0.6) is 0 Å². The Hall–Kier alpha value is -0.640. The van der Waals surface area contributed by atoms with E-state index < -0.39 is 0 Å². The zero-order valence-corrected chi connectivity index (χ0v) is 11.2.